The van der Waals surface area contributed by atoms with Gasteiger partial charge in [0.1, 0.15) is 30.0 Å². The molecule has 1 saturated carbocycles. The lowest BCUT2D eigenvalue weighted by Gasteiger charge is -2.41. The van der Waals surface area contributed by atoms with E-state index >= 15 is 0 Å². The molecule has 2 aromatic rings. The van der Waals surface area contributed by atoms with Gasteiger partial charge in [-0.25, -0.2) is 0 Å². The van der Waals surface area contributed by atoms with Gasteiger partial charge in [-0.1, -0.05) is 18.2 Å². The molecule has 4 unspecified atom stereocenters. The first-order valence-electron chi connectivity index (χ1n) is 17.2. The van der Waals surface area contributed by atoms with Crippen LogP contribution in [0, 0.1) is 5.92 Å². The van der Waals surface area contributed by atoms with Gasteiger partial charge < -0.3 is 24.0 Å². The molecule has 11 heteroatoms. The largest absolute Gasteiger partial charge is 0.476 e. The number of hydrogen-bond acceptors (Lipinski definition) is 9. The molecule has 3 aliphatic rings. The third kappa shape index (κ3) is 9.00. The lowest BCUT2D eigenvalue weighted by molar-refractivity contribution is -0.171. The number of esters is 2. The normalized spacial score (nSPS) is 22.0. The Morgan fingerprint density at radius 3 is 2.25 bits per heavy atom. The first-order chi connectivity index (χ1) is 23.1. The van der Waals surface area contributed by atoms with Crippen molar-refractivity contribution in [3.05, 3.63) is 59.7 Å². The van der Waals surface area contributed by atoms with Crippen LogP contribution in [0.5, 0.6) is 5.75 Å². The minimum absolute atomic E-state index is 0.0432. The summed E-state index contributed by atoms with van der Waals surface area (Å²) in [6.45, 7) is 3.80. The highest BCUT2D eigenvalue weighted by Gasteiger charge is 2.37. The zero-order valence-electron chi connectivity index (χ0n) is 27.9. The molecule has 0 aromatic heterocycles. The van der Waals surface area contributed by atoms with Crippen molar-refractivity contribution in [1.29, 1.82) is 0 Å². The molecule has 1 aliphatic carbocycles. The van der Waals surface area contributed by atoms with E-state index in [1.54, 1.807) is 24.3 Å². The molecule has 4 atom stereocenters. The van der Waals surface area contributed by atoms with E-state index in [1.807, 2.05) is 28.0 Å². The highest BCUT2D eigenvalue weighted by molar-refractivity contribution is 5.97. The van der Waals surface area contributed by atoms with Crippen molar-refractivity contribution in [2.24, 2.45) is 11.7 Å². The fraction of sp³-hybridized carbons (Fsp3) is 0.541. The molecular formula is C37H47N3O8. The summed E-state index contributed by atoms with van der Waals surface area (Å²) in [6.07, 6.45) is 4.79. The third-order valence-electron chi connectivity index (χ3n) is 9.62. The first kappa shape index (κ1) is 35.1. The number of fused-ring (bicyclic) bond motifs is 1. The van der Waals surface area contributed by atoms with Crippen LogP contribution in [0.25, 0.3) is 0 Å². The second-order valence-corrected chi connectivity index (χ2v) is 13.1. The van der Waals surface area contributed by atoms with E-state index in [2.05, 4.69) is 6.07 Å². The summed E-state index contributed by atoms with van der Waals surface area (Å²) in [5.74, 6) is -0.345. The molecule has 0 bridgehead atoms. The molecule has 2 fully saturated rings. The molecule has 0 spiro atoms. The Balaban J connectivity index is 1.02. The predicted octanol–water partition coefficient (Wildman–Crippen LogP) is 4.73. The second kappa shape index (κ2) is 16.2. The minimum Gasteiger partial charge on any atom is -0.476 e. The number of ketones is 1. The van der Waals surface area contributed by atoms with E-state index in [0.29, 0.717) is 75.8 Å². The summed E-state index contributed by atoms with van der Waals surface area (Å²) in [6, 6.07) is 15.2. The molecule has 5 rings (SSSR count). The van der Waals surface area contributed by atoms with Crippen LogP contribution in [0.4, 0.5) is 5.69 Å². The summed E-state index contributed by atoms with van der Waals surface area (Å²) in [5, 5.41) is 0. The van der Waals surface area contributed by atoms with Crippen LogP contribution in [0.2, 0.25) is 0 Å². The Morgan fingerprint density at radius 1 is 0.854 bits per heavy atom. The lowest BCUT2D eigenvalue weighted by Crippen LogP contribution is -2.50. The van der Waals surface area contributed by atoms with E-state index in [-0.39, 0.29) is 29.6 Å². The number of carbonyl (C=O) groups excluding carboxylic acids is 5. The van der Waals surface area contributed by atoms with Gasteiger partial charge in [0.2, 0.25) is 5.91 Å². The summed E-state index contributed by atoms with van der Waals surface area (Å²) in [5.41, 5.74) is 9.00. The quantitative estimate of drug-likeness (QED) is 0.194. The zero-order valence-corrected chi connectivity index (χ0v) is 27.9. The number of carbonyl (C=O) groups is 5. The fourth-order valence-corrected chi connectivity index (χ4v) is 7.20. The average Bonchev–Trinajstić information content (AvgIpc) is 3.07. The van der Waals surface area contributed by atoms with Gasteiger partial charge in [-0.15, -0.1) is 0 Å². The van der Waals surface area contributed by atoms with E-state index < -0.39 is 30.4 Å². The minimum atomic E-state index is -0.611. The van der Waals surface area contributed by atoms with Crippen molar-refractivity contribution in [3.8, 4) is 5.75 Å². The molecule has 2 N–H and O–H groups in total. The Labute approximate surface area is 282 Å². The van der Waals surface area contributed by atoms with Crippen molar-refractivity contribution in [3.63, 3.8) is 0 Å². The number of aryl methyl sites for hydroxylation is 1. The smallest absolute Gasteiger partial charge is 0.303 e. The molecule has 48 heavy (non-hydrogen) atoms. The van der Waals surface area contributed by atoms with Gasteiger partial charge in [0.25, 0.3) is 5.91 Å². The zero-order chi connectivity index (χ0) is 34.2. The monoisotopic (exact) mass is 661 g/mol. The van der Waals surface area contributed by atoms with Gasteiger partial charge in [-0.3, -0.25) is 29.7 Å². The number of para-hydroxylation sites is 1. The second-order valence-electron chi connectivity index (χ2n) is 13.1. The summed E-state index contributed by atoms with van der Waals surface area (Å²) in [7, 11) is 0. The van der Waals surface area contributed by atoms with Crippen molar-refractivity contribution < 1.29 is 38.2 Å². The van der Waals surface area contributed by atoms with Gasteiger partial charge in [0, 0.05) is 63.0 Å². The summed E-state index contributed by atoms with van der Waals surface area (Å²) in [4.78, 5) is 65.7. The molecule has 0 radical (unpaired) electrons. The van der Waals surface area contributed by atoms with Crippen molar-refractivity contribution in [2.75, 3.05) is 18.0 Å². The van der Waals surface area contributed by atoms with Crippen LogP contribution in [0.3, 0.4) is 0 Å². The molecule has 2 aliphatic heterocycles. The molecular weight excluding hydrogens is 614 g/mol. The van der Waals surface area contributed by atoms with Crippen molar-refractivity contribution in [2.45, 2.75) is 109 Å². The van der Waals surface area contributed by atoms with Gasteiger partial charge in [-0.2, -0.15) is 0 Å². The maximum atomic E-state index is 13.3. The highest BCUT2D eigenvalue weighted by Crippen LogP contribution is 2.33. The van der Waals surface area contributed by atoms with E-state index in [4.69, 9.17) is 19.9 Å². The number of piperidine rings is 1. The Bertz CT molecular complexity index is 1470. The number of nitrogens with two attached hydrogens (primary N) is 1. The number of amides is 2. The van der Waals surface area contributed by atoms with E-state index in [0.717, 1.165) is 24.9 Å². The van der Waals surface area contributed by atoms with Gasteiger partial charge >= 0.3 is 11.9 Å². The Kier molecular flexibility index (Phi) is 11.9. The third-order valence-corrected chi connectivity index (χ3v) is 9.62. The molecule has 2 aromatic carbocycles. The standard InChI is InChI=1S/C37H47N3O8/c1-24(41)46-33-17-13-28(23-34(33)47-25(2)42)32(43)9-5-6-10-35(38)48-30-15-11-27(12-16-30)37(45)39-21-19-29(20-22-39)40-31-8-4-3-7-26(31)14-18-36(40)44/h3-4,7-8,11-12,15-16,28-29,33-35H,5-6,9-10,13-14,17-23,38H2,1-2H3. The fourth-order valence-electron chi connectivity index (χ4n) is 7.20. The first-order valence-corrected chi connectivity index (χ1v) is 17.2. The Morgan fingerprint density at radius 2 is 1.54 bits per heavy atom. The van der Waals surface area contributed by atoms with Crippen LogP contribution in [0.15, 0.2) is 48.5 Å². The Hall–Kier alpha value is -4.25. The topological polar surface area (TPSA) is 146 Å². The highest BCUT2D eigenvalue weighted by atomic mass is 16.6. The maximum Gasteiger partial charge on any atom is 0.303 e. The van der Waals surface area contributed by atoms with E-state index in [1.165, 1.54) is 19.4 Å². The van der Waals surface area contributed by atoms with Gasteiger partial charge in [-0.05, 0) is 93.7 Å². The molecule has 1 saturated heterocycles. The SMILES string of the molecule is CC(=O)OC1CCC(C(=O)CCCCC(N)Oc2ccc(C(=O)N3CCC(N4C(=O)CCc5ccccc54)CC3)cc2)CC1OC(C)=O. The number of ether oxygens (including phenoxy) is 3. The molecule has 258 valence electrons. The van der Waals surface area contributed by atoms with Gasteiger partial charge in [0.15, 0.2) is 0 Å². The number of likely N-dealkylation sites (tertiary alicyclic amines) is 1. The number of unbranched alkanes of at least 4 members (excludes halogenated alkanes) is 1. The van der Waals surface area contributed by atoms with Crippen LogP contribution in [-0.2, 0) is 35.1 Å². The van der Waals surface area contributed by atoms with Crippen LogP contribution < -0.4 is 15.4 Å². The molecule has 2 heterocycles. The average molecular weight is 662 g/mol. The number of benzene rings is 2. The predicted molar refractivity (Wildman–Crippen MR) is 178 cm³/mol. The van der Waals surface area contributed by atoms with Crippen molar-refractivity contribution in [1.82, 2.24) is 4.90 Å². The van der Waals surface area contributed by atoms with Crippen LogP contribution >= 0.6 is 0 Å². The summed E-state index contributed by atoms with van der Waals surface area (Å²) >= 11 is 0. The van der Waals surface area contributed by atoms with Crippen molar-refractivity contribution >= 4 is 35.2 Å². The number of anilines is 1. The van der Waals surface area contributed by atoms with Gasteiger partial charge in [0.05, 0.1) is 0 Å². The maximum absolute atomic E-state index is 13.3. The number of nitrogens with zero attached hydrogens (tertiary/aromatic N) is 2. The molecule has 2 amide bonds. The number of rotatable bonds is 12. The summed E-state index contributed by atoms with van der Waals surface area (Å²) < 4.78 is 16.5. The van der Waals surface area contributed by atoms with Crippen LogP contribution in [-0.4, -0.2) is 72.0 Å². The lowest BCUT2D eigenvalue weighted by atomic mass is 9.81. The van der Waals surface area contributed by atoms with Crippen LogP contribution in [0.1, 0.15) is 94.0 Å². The van der Waals surface area contributed by atoms with E-state index in [9.17, 15) is 24.0 Å². The number of hydrogen-bond donors (Lipinski definition) is 1. The number of Topliss-reactive ketones (excluding diaryl/α,β-unsaturated/α-hetero) is 1. The molecule has 11 nitrogen and oxygen atoms in total.